The van der Waals surface area contributed by atoms with E-state index in [0.29, 0.717) is 35.0 Å². The van der Waals surface area contributed by atoms with Crippen molar-refractivity contribution in [2.75, 3.05) is 6.61 Å². The molecular weight excluding hydrogens is 264 g/mol. The maximum Gasteiger partial charge on any atom is 0.151 e. The van der Waals surface area contributed by atoms with Crippen LogP contribution in [0.1, 0.15) is 17.3 Å². The fourth-order valence-electron chi connectivity index (χ4n) is 1.60. The molecule has 0 N–H and O–H groups in total. The molecule has 0 aromatic heterocycles. The van der Waals surface area contributed by atoms with Crippen LogP contribution >= 0.6 is 11.6 Å². The molecule has 0 spiro atoms. The maximum atomic E-state index is 10.7. The number of ether oxygens (including phenoxy) is 2. The Bertz CT molecular complexity index is 581. The van der Waals surface area contributed by atoms with Gasteiger partial charge in [-0.3, -0.25) is 4.79 Å². The summed E-state index contributed by atoms with van der Waals surface area (Å²) in [5, 5.41) is 0.369. The van der Waals surface area contributed by atoms with Gasteiger partial charge in [0.1, 0.15) is 17.2 Å². The molecule has 0 aliphatic rings. The predicted octanol–water partition coefficient (Wildman–Crippen LogP) is 4.34. The molecular formula is C15H13ClO3. The molecule has 0 saturated heterocycles. The minimum Gasteiger partial charge on any atom is -0.494 e. The Morgan fingerprint density at radius 2 is 1.84 bits per heavy atom. The number of aldehydes is 1. The van der Waals surface area contributed by atoms with Crippen LogP contribution in [-0.4, -0.2) is 12.9 Å². The number of carbonyl (C=O) groups is 1. The zero-order chi connectivity index (χ0) is 13.7. The third-order valence-corrected chi connectivity index (χ3v) is 2.78. The van der Waals surface area contributed by atoms with Gasteiger partial charge in [-0.25, -0.2) is 0 Å². The van der Waals surface area contributed by atoms with Gasteiger partial charge in [-0.05, 0) is 31.2 Å². The molecule has 0 radical (unpaired) electrons. The van der Waals surface area contributed by atoms with Crippen molar-refractivity contribution in [1.82, 2.24) is 0 Å². The van der Waals surface area contributed by atoms with E-state index < -0.39 is 0 Å². The number of rotatable bonds is 5. The van der Waals surface area contributed by atoms with Gasteiger partial charge in [0.2, 0.25) is 0 Å². The van der Waals surface area contributed by atoms with Crippen LogP contribution in [0.15, 0.2) is 42.5 Å². The van der Waals surface area contributed by atoms with Gasteiger partial charge in [0.25, 0.3) is 0 Å². The van der Waals surface area contributed by atoms with Gasteiger partial charge in [-0.1, -0.05) is 17.7 Å². The molecule has 0 amide bonds. The third-order valence-electron chi connectivity index (χ3n) is 2.45. The molecule has 4 heteroatoms. The molecule has 0 aliphatic heterocycles. The van der Waals surface area contributed by atoms with E-state index in [4.69, 9.17) is 21.1 Å². The second kappa shape index (κ2) is 6.25. The molecule has 98 valence electrons. The SMILES string of the molecule is CCOc1cccc(Oc2ccc(C=O)c(Cl)c2)c1. The van der Waals surface area contributed by atoms with E-state index in [-0.39, 0.29) is 0 Å². The first kappa shape index (κ1) is 13.4. The average Bonchev–Trinajstić information content (AvgIpc) is 2.40. The number of benzene rings is 2. The Morgan fingerprint density at radius 3 is 2.53 bits per heavy atom. The summed E-state index contributed by atoms with van der Waals surface area (Å²) in [6, 6.07) is 12.3. The number of halogens is 1. The van der Waals surface area contributed by atoms with Gasteiger partial charge < -0.3 is 9.47 Å². The van der Waals surface area contributed by atoms with E-state index in [0.717, 1.165) is 5.75 Å². The summed E-state index contributed by atoms with van der Waals surface area (Å²) in [6.07, 6.45) is 0.710. The van der Waals surface area contributed by atoms with Crippen LogP contribution in [0.3, 0.4) is 0 Å². The van der Waals surface area contributed by atoms with Crippen LogP contribution < -0.4 is 9.47 Å². The van der Waals surface area contributed by atoms with Crippen molar-refractivity contribution in [2.24, 2.45) is 0 Å². The van der Waals surface area contributed by atoms with E-state index in [2.05, 4.69) is 0 Å². The van der Waals surface area contributed by atoms with Gasteiger partial charge in [0, 0.05) is 17.7 Å². The smallest absolute Gasteiger partial charge is 0.151 e. The first-order valence-electron chi connectivity index (χ1n) is 5.88. The maximum absolute atomic E-state index is 10.7. The summed E-state index contributed by atoms with van der Waals surface area (Å²) >= 11 is 5.94. The van der Waals surface area contributed by atoms with Crippen molar-refractivity contribution in [3.8, 4) is 17.2 Å². The first-order valence-corrected chi connectivity index (χ1v) is 6.26. The monoisotopic (exact) mass is 276 g/mol. The summed E-state index contributed by atoms with van der Waals surface area (Å²) in [5.41, 5.74) is 0.442. The largest absolute Gasteiger partial charge is 0.494 e. The summed E-state index contributed by atoms with van der Waals surface area (Å²) in [7, 11) is 0. The van der Waals surface area contributed by atoms with Crippen LogP contribution in [0.2, 0.25) is 5.02 Å². The highest BCUT2D eigenvalue weighted by Crippen LogP contribution is 2.28. The van der Waals surface area contributed by atoms with Crippen molar-refractivity contribution in [1.29, 1.82) is 0 Å². The summed E-state index contributed by atoms with van der Waals surface area (Å²) in [4.78, 5) is 10.7. The second-order valence-corrected chi connectivity index (χ2v) is 4.22. The molecule has 0 heterocycles. The van der Waals surface area contributed by atoms with Crippen molar-refractivity contribution in [2.45, 2.75) is 6.92 Å². The molecule has 0 fully saturated rings. The zero-order valence-electron chi connectivity index (χ0n) is 10.4. The molecule has 2 rings (SSSR count). The molecule has 0 saturated carbocycles. The molecule has 0 unspecified atom stereocenters. The van der Waals surface area contributed by atoms with Crippen LogP contribution in [0.4, 0.5) is 0 Å². The minimum absolute atomic E-state index is 0.369. The van der Waals surface area contributed by atoms with Crippen molar-refractivity contribution < 1.29 is 14.3 Å². The van der Waals surface area contributed by atoms with E-state index in [9.17, 15) is 4.79 Å². The number of hydrogen-bond acceptors (Lipinski definition) is 3. The summed E-state index contributed by atoms with van der Waals surface area (Å²) in [5.74, 6) is 1.97. The lowest BCUT2D eigenvalue weighted by atomic mass is 10.2. The molecule has 0 bridgehead atoms. The lowest BCUT2D eigenvalue weighted by molar-refractivity contribution is 0.112. The molecule has 19 heavy (non-hydrogen) atoms. The zero-order valence-corrected chi connectivity index (χ0v) is 11.2. The molecule has 2 aromatic carbocycles. The van der Waals surface area contributed by atoms with Gasteiger partial charge in [-0.2, -0.15) is 0 Å². The number of carbonyl (C=O) groups excluding carboxylic acids is 1. The summed E-state index contributed by atoms with van der Waals surface area (Å²) in [6.45, 7) is 2.52. The minimum atomic E-state index is 0.369. The average molecular weight is 277 g/mol. The van der Waals surface area contributed by atoms with E-state index >= 15 is 0 Å². The highest BCUT2D eigenvalue weighted by atomic mass is 35.5. The Balaban J connectivity index is 2.18. The van der Waals surface area contributed by atoms with Crippen LogP contribution in [0.5, 0.6) is 17.2 Å². The number of hydrogen-bond donors (Lipinski definition) is 0. The topological polar surface area (TPSA) is 35.5 Å². The van der Waals surface area contributed by atoms with E-state index in [1.165, 1.54) is 0 Å². The standard InChI is InChI=1S/C15H13ClO3/c1-2-18-12-4-3-5-13(8-12)19-14-7-6-11(10-17)15(16)9-14/h3-10H,2H2,1H3. The van der Waals surface area contributed by atoms with Gasteiger partial charge in [0.15, 0.2) is 6.29 Å². The van der Waals surface area contributed by atoms with Gasteiger partial charge in [-0.15, -0.1) is 0 Å². The molecule has 0 aliphatic carbocycles. The Kier molecular flexibility index (Phi) is 4.42. The fraction of sp³-hybridized carbons (Fsp3) is 0.133. The van der Waals surface area contributed by atoms with E-state index in [1.54, 1.807) is 24.3 Å². The lowest BCUT2D eigenvalue weighted by Crippen LogP contribution is -1.92. The third kappa shape index (κ3) is 3.48. The van der Waals surface area contributed by atoms with Gasteiger partial charge in [0.05, 0.1) is 11.6 Å². The van der Waals surface area contributed by atoms with Crippen molar-refractivity contribution in [3.63, 3.8) is 0 Å². The molecule has 3 nitrogen and oxygen atoms in total. The Labute approximate surface area is 116 Å². The highest BCUT2D eigenvalue weighted by molar-refractivity contribution is 6.33. The molecule has 2 aromatic rings. The Hall–Kier alpha value is -2.00. The van der Waals surface area contributed by atoms with Crippen LogP contribution in [0, 0.1) is 0 Å². The predicted molar refractivity (Wildman–Crippen MR) is 74.5 cm³/mol. The van der Waals surface area contributed by atoms with E-state index in [1.807, 2.05) is 25.1 Å². The normalized spacial score (nSPS) is 10.0. The molecule has 0 atom stereocenters. The van der Waals surface area contributed by atoms with Crippen LogP contribution in [-0.2, 0) is 0 Å². The fourth-order valence-corrected chi connectivity index (χ4v) is 1.81. The van der Waals surface area contributed by atoms with Crippen molar-refractivity contribution >= 4 is 17.9 Å². The Morgan fingerprint density at radius 1 is 1.11 bits per heavy atom. The highest BCUT2D eigenvalue weighted by Gasteiger charge is 2.03. The van der Waals surface area contributed by atoms with Gasteiger partial charge >= 0.3 is 0 Å². The van der Waals surface area contributed by atoms with Crippen LogP contribution in [0.25, 0.3) is 0 Å². The van der Waals surface area contributed by atoms with Crippen molar-refractivity contribution in [3.05, 3.63) is 53.1 Å². The second-order valence-electron chi connectivity index (χ2n) is 3.81. The first-order chi connectivity index (χ1) is 9.22. The summed E-state index contributed by atoms with van der Waals surface area (Å²) < 4.78 is 11.1. The lowest BCUT2D eigenvalue weighted by Gasteiger charge is -2.08. The quantitative estimate of drug-likeness (QED) is 0.762.